The van der Waals surface area contributed by atoms with Gasteiger partial charge in [-0.3, -0.25) is 9.27 Å². The van der Waals surface area contributed by atoms with Gasteiger partial charge in [0.05, 0.1) is 32.9 Å². The van der Waals surface area contributed by atoms with E-state index < -0.39 is 36.8 Å². The molecule has 0 aliphatic carbocycles. The van der Waals surface area contributed by atoms with Crippen LogP contribution in [0.3, 0.4) is 0 Å². The topological polar surface area (TPSA) is 208 Å². The Bertz CT molecular complexity index is 1880. The molecule has 0 heterocycles. The summed E-state index contributed by atoms with van der Waals surface area (Å²) in [7, 11) is -8.88. The summed E-state index contributed by atoms with van der Waals surface area (Å²) in [5.74, 6) is -1.62. The molecule has 0 aliphatic heterocycles. The maximum Gasteiger partial charge on any atom is 1.00 e. The SMILES string of the molecule is O=C(O)c1ccccc1N=N[C-](N=Nc1cc(S(=O)(=O)Nc2cccc(S(=O)(=O)O)c2)ccc1O)c1ccccc1.[Cu].[H+].[K+]. The molecule has 0 bridgehead atoms. The molecule has 4 aromatic carbocycles. The van der Waals surface area contributed by atoms with Gasteiger partial charge in [-0.2, -0.15) is 41.0 Å². The zero-order valence-electron chi connectivity index (χ0n) is 23.0. The van der Waals surface area contributed by atoms with Crippen LogP contribution in [0, 0.1) is 6.17 Å². The van der Waals surface area contributed by atoms with Gasteiger partial charge in [0.1, 0.15) is 11.4 Å². The van der Waals surface area contributed by atoms with Crippen LogP contribution in [0.15, 0.2) is 127 Å². The van der Waals surface area contributed by atoms with Crippen molar-refractivity contribution < 1.29 is 106 Å². The zero-order chi connectivity index (χ0) is 29.6. The van der Waals surface area contributed by atoms with Gasteiger partial charge in [-0.25, -0.2) is 13.2 Å². The number of phenolic OH excluding ortho intramolecular Hbond substituents is 1. The minimum Gasteiger partial charge on any atom is -0.506 e. The van der Waals surface area contributed by atoms with Gasteiger partial charge in [-0.05, 0) is 48.5 Å². The number of benzene rings is 4. The molecule has 0 spiro atoms. The van der Waals surface area contributed by atoms with Gasteiger partial charge in [0.15, 0.2) is 0 Å². The first-order valence-corrected chi connectivity index (χ1v) is 14.4. The molecule has 0 saturated heterocycles. The quantitative estimate of drug-likeness (QED) is 0.0836. The third-order valence-corrected chi connectivity index (χ3v) is 7.54. The van der Waals surface area contributed by atoms with Crippen molar-refractivity contribution in [2.45, 2.75) is 9.79 Å². The predicted octanol–water partition coefficient (Wildman–Crippen LogP) is 2.66. The van der Waals surface area contributed by atoms with Gasteiger partial charge in [0.2, 0.25) is 0 Å². The number of rotatable bonds is 10. The molecule has 0 saturated carbocycles. The van der Waals surface area contributed by atoms with E-state index in [9.17, 15) is 36.4 Å². The average Bonchev–Trinajstić information content (AvgIpc) is 2.94. The van der Waals surface area contributed by atoms with Crippen molar-refractivity contribution in [2.75, 3.05) is 4.72 Å². The largest absolute Gasteiger partial charge is 1.00 e. The summed E-state index contributed by atoms with van der Waals surface area (Å²) < 4.78 is 60.1. The van der Waals surface area contributed by atoms with E-state index in [4.69, 9.17) is 0 Å². The maximum absolute atomic E-state index is 13.0. The molecule has 4 aromatic rings. The molecule has 221 valence electrons. The summed E-state index contributed by atoms with van der Waals surface area (Å²) in [4.78, 5) is 10.6. The summed E-state index contributed by atoms with van der Waals surface area (Å²) in [6.07, 6.45) is -0.0707. The van der Waals surface area contributed by atoms with Gasteiger partial charge in [0.25, 0.3) is 20.1 Å². The van der Waals surface area contributed by atoms with Gasteiger partial charge in [-0.15, -0.1) is 17.7 Å². The molecule has 4 rings (SSSR count). The molecular weight excluding hydrogens is 677 g/mol. The van der Waals surface area contributed by atoms with E-state index >= 15 is 0 Å². The Morgan fingerprint density at radius 3 is 2.05 bits per heavy atom. The molecule has 0 aromatic heterocycles. The molecular formula is C26H21CuKN5O8S2+. The fraction of sp³-hybridized carbons (Fsp3) is 0. The van der Waals surface area contributed by atoms with Gasteiger partial charge < -0.3 is 10.2 Å². The number of hydrogen-bond donors (Lipinski definition) is 4. The average molecular weight is 698 g/mol. The van der Waals surface area contributed by atoms with E-state index in [1.807, 2.05) is 0 Å². The first-order valence-electron chi connectivity index (χ1n) is 11.5. The van der Waals surface area contributed by atoms with Crippen molar-refractivity contribution in [3.63, 3.8) is 0 Å². The van der Waals surface area contributed by atoms with Crippen LogP contribution in [0.1, 0.15) is 17.3 Å². The Kier molecular flexibility index (Phi) is 13.2. The van der Waals surface area contributed by atoms with E-state index in [1.165, 1.54) is 30.3 Å². The van der Waals surface area contributed by atoms with Crippen LogP contribution in [-0.4, -0.2) is 37.6 Å². The van der Waals surface area contributed by atoms with E-state index in [-0.39, 0.29) is 104 Å². The number of carboxylic acids is 1. The molecule has 0 amide bonds. The molecule has 0 atom stereocenters. The van der Waals surface area contributed by atoms with Crippen LogP contribution < -0.4 is 56.1 Å². The van der Waals surface area contributed by atoms with Crippen molar-refractivity contribution in [1.29, 1.82) is 0 Å². The zero-order valence-corrected chi connectivity index (χ0v) is 27.7. The van der Waals surface area contributed by atoms with Gasteiger partial charge in [0, 0.05) is 17.1 Å². The minimum atomic E-state index is -4.57. The standard InChI is InChI=1S/C26H20N5O8S2.Cu.K/c32-24-14-13-19(40(35,36)31-18-9-6-10-20(15-18)41(37,38)39)16-23(24)28-30-25(17-7-2-1-3-8-17)29-27-22-12-5-4-11-21(22)26(33)34;;/h1-16,31-32H,(H,33,34)(H,37,38,39);;/q-1;;+1/p+1. The Morgan fingerprint density at radius 2 is 1.40 bits per heavy atom. The number of phenols is 1. The second-order valence-electron chi connectivity index (χ2n) is 8.17. The van der Waals surface area contributed by atoms with Gasteiger partial charge >= 0.3 is 58.8 Å². The van der Waals surface area contributed by atoms with Crippen LogP contribution >= 0.6 is 0 Å². The van der Waals surface area contributed by atoms with Crippen molar-refractivity contribution in [3.8, 4) is 5.75 Å². The number of nitrogens with one attached hydrogen (secondary N) is 1. The van der Waals surface area contributed by atoms with Crippen molar-refractivity contribution >= 4 is 43.2 Å². The van der Waals surface area contributed by atoms with Gasteiger partial charge in [-0.1, -0.05) is 24.3 Å². The third kappa shape index (κ3) is 9.77. The summed E-state index contributed by atoms with van der Waals surface area (Å²) in [6.45, 7) is 0. The fourth-order valence-electron chi connectivity index (χ4n) is 3.35. The molecule has 43 heavy (non-hydrogen) atoms. The van der Waals surface area contributed by atoms with Crippen LogP contribution in [0.4, 0.5) is 17.1 Å². The first-order chi connectivity index (χ1) is 19.4. The number of aromatic carboxylic acids is 1. The van der Waals surface area contributed by atoms with Crippen molar-refractivity contribution in [1.82, 2.24) is 0 Å². The molecule has 13 nitrogen and oxygen atoms in total. The predicted molar refractivity (Wildman–Crippen MR) is 148 cm³/mol. The third-order valence-electron chi connectivity index (χ3n) is 5.31. The Hall–Kier alpha value is -2.96. The fourth-order valence-corrected chi connectivity index (χ4v) is 4.95. The number of carbonyl (C=O) groups is 1. The summed E-state index contributed by atoms with van der Waals surface area (Å²) in [5.41, 5.74) is 0.0122. The Balaban J connectivity index is 0.00000323. The number of carboxylic acid groups (broad SMARTS) is 1. The monoisotopic (exact) mass is 697 g/mol. The second kappa shape index (κ2) is 15.7. The molecule has 0 fully saturated rings. The van der Waals surface area contributed by atoms with Crippen molar-refractivity contribution in [3.05, 3.63) is 114 Å². The molecule has 17 heteroatoms. The number of anilines is 1. The second-order valence-corrected chi connectivity index (χ2v) is 11.3. The van der Waals surface area contributed by atoms with Crippen LogP contribution in [0.2, 0.25) is 0 Å². The number of nitrogens with zero attached hydrogens (tertiary/aromatic N) is 4. The van der Waals surface area contributed by atoms with Crippen LogP contribution in [-0.2, 0) is 37.2 Å². The number of hydrogen-bond acceptors (Lipinski definition) is 10. The molecule has 4 N–H and O–H groups in total. The van der Waals surface area contributed by atoms with E-state index in [2.05, 4.69) is 25.2 Å². The summed E-state index contributed by atoms with van der Waals surface area (Å²) in [6, 6.07) is 22.1. The normalized spacial score (nSPS) is 11.5. The number of sulfonamides is 1. The van der Waals surface area contributed by atoms with E-state index in [0.717, 1.165) is 30.3 Å². The summed E-state index contributed by atoms with van der Waals surface area (Å²) in [5, 5.41) is 35.7. The van der Waals surface area contributed by atoms with E-state index in [1.54, 1.807) is 36.4 Å². The van der Waals surface area contributed by atoms with Crippen LogP contribution in [0.5, 0.6) is 5.75 Å². The molecule has 0 unspecified atom stereocenters. The Labute approximate surface area is 301 Å². The van der Waals surface area contributed by atoms with Crippen molar-refractivity contribution in [2.24, 2.45) is 20.5 Å². The number of azo groups is 2. The van der Waals surface area contributed by atoms with Crippen LogP contribution in [0.25, 0.3) is 0 Å². The smallest absolute Gasteiger partial charge is 0.506 e. The maximum atomic E-state index is 13.0. The number of aromatic hydroxyl groups is 1. The minimum absolute atomic E-state index is 0. The first kappa shape index (κ1) is 36.2. The van der Waals surface area contributed by atoms with E-state index in [0.29, 0.717) is 5.56 Å². The summed E-state index contributed by atoms with van der Waals surface area (Å²) >= 11 is 0. The molecule has 0 aliphatic rings. The Morgan fingerprint density at radius 1 is 0.767 bits per heavy atom. The molecule has 1 radical (unpaired) electrons.